The van der Waals surface area contributed by atoms with Crippen LogP contribution in [0.3, 0.4) is 0 Å². The number of nitrogens with two attached hydrogens (primary N) is 1. The summed E-state index contributed by atoms with van der Waals surface area (Å²) in [6.45, 7) is 0.658. The first-order valence-corrected chi connectivity index (χ1v) is 5.79. The first-order chi connectivity index (χ1) is 9.19. The molecule has 0 aromatic carbocycles. The lowest BCUT2D eigenvalue weighted by molar-refractivity contribution is -0.0185. The number of ether oxygens (including phenoxy) is 1. The molecule has 2 rings (SSSR count). The van der Waals surface area contributed by atoms with Crippen molar-refractivity contribution in [3.63, 3.8) is 0 Å². The molecule has 0 bridgehead atoms. The minimum absolute atomic E-state index is 0.136. The molecule has 1 saturated heterocycles. The molecule has 1 amide bonds. The molecule has 1 fully saturated rings. The number of morpholine rings is 1. The average Bonchev–Trinajstić information content (AvgIpc) is 2.46. The Balaban J connectivity index is 2.28. The van der Waals surface area contributed by atoms with Crippen molar-refractivity contribution in [2.75, 3.05) is 31.8 Å². The number of nitrogen functional groups attached to an aromatic ring is 1. The summed E-state index contributed by atoms with van der Waals surface area (Å²) >= 11 is 0. The van der Waals surface area contributed by atoms with E-state index in [1.54, 1.807) is 0 Å². The van der Waals surface area contributed by atoms with Gasteiger partial charge in [0.1, 0.15) is 0 Å². The van der Waals surface area contributed by atoms with Crippen molar-refractivity contribution < 1.29 is 19.0 Å². The minimum Gasteiger partial charge on any atom is -0.394 e. The molecule has 0 aliphatic carbocycles. The van der Waals surface area contributed by atoms with Crippen LogP contribution in [0.15, 0.2) is 12.3 Å². The zero-order valence-corrected chi connectivity index (χ0v) is 10.2. The topological polar surface area (TPSA) is 101 Å². The molecule has 1 aromatic heterocycles. The first kappa shape index (κ1) is 13.7. The number of halogens is 1. The van der Waals surface area contributed by atoms with E-state index >= 15 is 0 Å². The molecule has 8 heteroatoms. The third-order valence-corrected chi connectivity index (χ3v) is 2.96. The van der Waals surface area contributed by atoms with E-state index in [0.717, 1.165) is 0 Å². The van der Waals surface area contributed by atoms with E-state index in [9.17, 15) is 14.3 Å². The van der Waals surface area contributed by atoms with E-state index in [0.29, 0.717) is 13.2 Å². The molecular formula is C11H15FN4O3. The molecule has 19 heavy (non-hydrogen) atoms. The second kappa shape index (κ2) is 5.91. The molecule has 1 atom stereocenters. The van der Waals surface area contributed by atoms with Crippen LogP contribution in [0.2, 0.25) is 0 Å². The maximum Gasteiger partial charge on any atom is 0.257 e. The molecule has 1 unspecified atom stereocenters. The van der Waals surface area contributed by atoms with Crippen molar-refractivity contribution in [2.45, 2.75) is 6.04 Å². The summed E-state index contributed by atoms with van der Waals surface area (Å²) < 4.78 is 19.1. The van der Waals surface area contributed by atoms with Crippen molar-refractivity contribution >= 4 is 11.7 Å². The molecule has 4 N–H and O–H groups in total. The van der Waals surface area contributed by atoms with Crippen LogP contribution in [0, 0.1) is 5.82 Å². The van der Waals surface area contributed by atoms with Gasteiger partial charge in [-0.3, -0.25) is 4.79 Å². The van der Waals surface area contributed by atoms with E-state index in [1.807, 2.05) is 0 Å². The molecule has 0 spiro atoms. The van der Waals surface area contributed by atoms with Crippen LogP contribution in [0.25, 0.3) is 0 Å². The van der Waals surface area contributed by atoms with Gasteiger partial charge in [-0.05, 0) is 6.07 Å². The highest BCUT2D eigenvalue weighted by Crippen LogP contribution is 2.18. The van der Waals surface area contributed by atoms with Gasteiger partial charge in [0.2, 0.25) is 0 Å². The molecule has 104 valence electrons. The summed E-state index contributed by atoms with van der Waals surface area (Å²) in [5, 5.41) is 9.21. The van der Waals surface area contributed by atoms with Crippen LogP contribution in [0.5, 0.6) is 0 Å². The Bertz CT molecular complexity index is 471. The SMILES string of the molecule is NNc1nccc(C(=O)N2CCOCC2CO)c1F. The number of hydrazine groups is 1. The summed E-state index contributed by atoms with van der Waals surface area (Å²) in [6, 6.07) is 0.811. The largest absolute Gasteiger partial charge is 0.394 e. The Morgan fingerprint density at radius 2 is 2.53 bits per heavy atom. The van der Waals surface area contributed by atoms with E-state index in [4.69, 9.17) is 10.6 Å². The van der Waals surface area contributed by atoms with Crippen LogP contribution < -0.4 is 11.3 Å². The second-order valence-corrected chi connectivity index (χ2v) is 4.08. The molecular weight excluding hydrogens is 255 g/mol. The van der Waals surface area contributed by atoms with E-state index in [1.165, 1.54) is 17.2 Å². The third kappa shape index (κ3) is 2.65. The standard InChI is InChI=1S/C11H15FN4O3/c12-9-8(1-2-14-10(9)15-13)11(18)16-3-4-19-6-7(16)5-17/h1-2,7,17H,3-6,13H2,(H,14,15). The van der Waals surface area contributed by atoms with Crippen LogP contribution >= 0.6 is 0 Å². The summed E-state index contributed by atoms with van der Waals surface area (Å²) in [4.78, 5) is 17.3. The molecule has 0 radical (unpaired) electrons. The summed E-state index contributed by atoms with van der Waals surface area (Å²) in [6.07, 6.45) is 1.29. The molecule has 1 aliphatic heterocycles. The molecule has 1 aromatic rings. The number of amides is 1. The van der Waals surface area contributed by atoms with Gasteiger partial charge < -0.3 is 20.2 Å². The number of nitrogens with zero attached hydrogens (tertiary/aromatic N) is 2. The number of rotatable bonds is 3. The number of nitrogens with one attached hydrogen (secondary N) is 1. The number of aromatic nitrogens is 1. The molecule has 0 saturated carbocycles. The highest BCUT2D eigenvalue weighted by Gasteiger charge is 2.29. The van der Waals surface area contributed by atoms with Crippen LogP contribution in [0.4, 0.5) is 10.2 Å². The summed E-state index contributed by atoms with van der Waals surface area (Å²) in [5.74, 6) is 3.60. The van der Waals surface area contributed by atoms with Crippen molar-refractivity contribution in [1.29, 1.82) is 0 Å². The number of aliphatic hydroxyl groups excluding tert-OH is 1. The number of hydrogen-bond donors (Lipinski definition) is 3. The van der Waals surface area contributed by atoms with E-state index in [2.05, 4.69) is 10.4 Å². The van der Waals surface area contributed by atoms with E-state index < -0.39 is 17.8 Å². The van der Waals surface area contributed by atoms with Gasteiger partial charge in [-0.15, -0.1) is 0 Å². The number of carbonyl (C=O) groups excluding carboxylic acids is 1. The normalized spacial score (nSPS) is 19.3. The van der Waals surface area contributed by atoms with Crippen LogP contribution in [0.1, 0.15) is 10.4 Å². The van der Waals surface area contributed by atoms with Crippen molar-refractivity contribution in [2.24, 2.45) is 5.84 Å². The van der Waals surface area contributed by atoms with Gasteiger partial charge in [-0.1, -0.05) is 0 Å². The maximum absolute atomic E-state index is 14.0. The number of aliphatic hydroxyl groups is 1. The highest BCUT2D eigenvalue weighted by molar-refractivity contribution is 5.95. The predicted molar refractivity (Wildman–Crippen MR) is 64.7 cm³/mol. The lowest BCUT2D eigenvalue weighted by atomic mass is 10.1. The number of pyridine rings is 1. The van der Waals surface area contributed by atoms with Gasteiger partial charge >= 0.3 is 0 Å². The number of anilines is 1. The van der Waals surface area contributed by atoms with Crippen molar-refractivity contribution in [1.82, 2.24) is 9.88 Å². The highest BCUT2D eigenvalue weighted by atomic mass is 19.1. The lowest BCUT2D eigenvalue weighted by Crippen LogP contribution is -2.50. The van der Waals surface area contributed by atoms with E-state index in [-0.39, 0.29) is 24.6 Å². The number of hydrogen-bond acceptors (Lipinski definition) is 6. The fourth-order valence-corrected chi connectivity index (χ4v) is 1.94. The Labute approximate surface area is 109 Å². The molecule has 7 nitrogen and oxygen atoms in total. The van der Waals surface area contributed by atoms with Gasteiger partial charge in [0.05, 0.1) is 31.4 Å². The molecule has 2 heterocycles. The third-order valence-electron chi connectivity index (χ3n) is 2.96. The fraction of sp³-hybridized carbons (Fsp3) is 0.455. The van der Waals surface area contributed by atoms with Gasteiger partial charge in [0.25, 0.3) is 5.91 Å². The quantitative estimate of drug-likeness (QED) is 0.498. The Kier molecular flexibility index (Phi) is 4.25. The predicted octanol–water partition coefficient (Wildman–Crippen LogP) is -0.660. The smallest absolute Gasteiger partial charge is 0.257 e. The number of carbonyl (C=O) groups is 1. The Morgan fingerprint density at radius 1 is 1.74 bits per heavy atom. The second-order valence-electron chi connectivity index (χ2n) is 4.08. The van der Waals surface area contributed by atoms with Gasteiger partial charge in [-0.2, -0.15) is 0 Å². The van der Waals surface area contributed by atoms with Gasteiger partial charge in [-0.25, -0.2) is 15.2 Å². The summed E-state index contributed by atoms with van der Waals surface area (Å²) in [7, 11) is 0. The van der Waals surface area contributed by atoms with Crippen molar-refractivity contribution in [3.8, 4) is 0 Å². The first-order valence-electron chi connectivity index (χ1n) is 5.79. The van der Waals surface area contributed by atoms with Gasteiger partial charge in [0.15, 0.2) is 11.6 Å². The fourth-order valence-electron chi connectivity index (χ4n) is 1.94. The molecule has 1 aliphatic rings. The Hall–Kier alpha value is -1.77. The zero-order valence-electron chi connectivity index (χ0n) is 10.2. The summed E-state index contributed by atoms with van der Waals surface area (Å²) in [5.41, 5.74) is 1.95. The minimum atomic E-state index is -0.807. The zero-order chi connectivity index (χ0) is 13.8. The van der Waals surface area contributed by atoms with Gasteiger partial charge in [0, 0.05) is 12.7 Å². The lowest BCUT2D eigenvalue weighted by Gasteiger charge is -2.34. The van der Waals surface area contributed by atoms with Crippen LogP contribution in [-0.2, 0) is 4.74 Å². The Morgan fingerprint density at radius 3 is 3.21 bits per heavy atom. The maximum atomic E-state index is 14.0. The monoisotopic (exact) mass is 270 g/mol. The average molecular weight is 270 g/mol. The van der Waals surface area contributed by atoms with Crippen LogP contribution in [-0.4, -0.2) is 53.3 Å². The van der Waals surface area contributed by atoms with Crippen molar-refractivity contribution in [3.05, 3.63) is 23.6 Å².